The summed E-state index contributed by atoms with van der Waals surface area (Å²) in [6.45, 7) is 3.36. The van der Waals surface area contributed by atoms with Gasteiger partial charge in [0.05, 0.1) is 5.69 Å². The highest BCUT2D eigenvalue weighted by Crippen LogP contribution is 2.32. The lowest BCUT2D eigenvalue weighted by Gasteiger charge is -2.31. The Balaban J connectivity index is 0.00000161. The van der Waals surface area contributed by atoms with Crippen molar-refractivity contribution in [1.29, 1.82) is 0 Å². The maximum Gasteiger partial charge on any atom is 0.246 e. The predicted octanol–water partition coefficient (Wildman–Crippen LogP) is 2.14. The van der Waals surface area contributed by atoms with Crippen molar-refractivity contribution in [2.75, 3.05) is 18.5 Å². The zero-order valence-electron chi connectivity index (χ0n) is 12.2. The second kappa shape index (κ2) is 6.60. The quantitative estimate of drug-likeness (QED) is 0.870. The van der Waals surface area contributed by atoms with E-state index in [0.29, 0.717) is 37.1 Å². The largest absolute Gasteiger partial charge is 0.381 e. The number of hydrogen-bond donors (Lipinski definition) is 2. The first-order valence-electron chi connectivity index (χ1n) is 7.23. The third-order valence-corrected chi connectivity index (χ3v) is 5.28. The van der Waals surface area contributed by atoms with E-state index in [9.17, 15) is 4.79 Å². The Kier molecular flexibility index (Phi) is 5.24. The van der Waals surface area contributed by atoms with E-state index in [-0.39, 0.29) is 18.3 Å². The van der Waals surface area contributed by atoms with E-state index in [4.69, 9.17) is 10.5 Å². The van der Waals surface area contributed by atoms with Crippen molar-refractivity contribution in [3.63, 3.8) is 0 Å². The molecule has 0 aromatic carbocycles. The highest BCUT2D eigenvalue weighted by atomic mass is 35.5. The van der Waals surface area contributed by atoms with Crippen LogP contribution in [0.25, 0.3) is 0 Å². The van der Waals surface area contributed by atoms with Gasteiger partial charge >= 0.3 is 0 Å². The van der Waals surface area contributed by atoms with Crippen molar-refractivity contribution in [2.45, 2.75) is 44.6 Å². The SMILES string of the molecule is CC1CCc2nc(NC(=O)C3(N)CCOCC3)sc2C1.Cl. The van der Waals surface area contributed by atoms with Gasteiger partial charge in [-0.25, -0.2) is 4.98 Å². The first kappa shape index (κ1) is 16.7. The van der Waals surface area contributed by atoms with E-state index < -0.39 is 5.54 Å². The Morgan fingerprint density at radius 1 is 1.48 bits per heavy atom. The fourth-order valence-corrected chi connectivity index (χ4v) is 3.94. The molecule has 2 heterocycles. The molecule has 7 heteroatoms. The van der Waals surface area contributed by atoms with Crippen LogP contribution in [0.5, 0.6) is 0 Å². The second-order valence-corrected chi connectivity index (χ2v) is 7.04. The zero-order valence-corrected chi connectivity index (χ0v) is 13.8. The summed E-state index contributed by atoms with van der Waals surface area (Å²) in [5.41, 5.74) is 6.53. The van der Waals surface area contributed by atoms with Crippen LogP contribution in [-0.2, 0) is 22.4 Å². The van der Waals surface area contributed by atoms with E-state index >= 15 is 0 Å². The van der Waals surface area contributed by atoms with Gasteiger partial charge in [0.15, 0.2) is 5.13 Å². The van der Waals surface area contributed by atoms with Crippen molar-refractivity contribution >= 4 is 34.8 Å². The van der Waals surface area contributed by atoms with Gasteiger partial charge in [0.2, 0.25) is 5.91 Å². The Hall–Kier alpha value is -0.690. The fourth-order valence-electron chi connectivity index (χ4n) is 2.78. The minimum absolute atomic E-state index is 0. The molecule has 0 saturated carbocycles. The molecule has 1 amide bonds. The van der Waals surface area contributed by atoms with Gasteiger partial charge in [0.1, 0.15) is 5.54 Å². The molecule has 3 N–H and O–H groups in total. The number of ether oxygens (including phenoxy) is 1. The Morgan fingerprint density at radius 3 is 2.90 bits per heavy atom. The topological polar surface area (TPSA) is 77.2 Å². The normalized spacial score (nSPS) is 23.8. The van der Waals surface area contributed by atoms with Gasteiger partial charge in [-0.15, -0.1) is 23.7 Å². The van der Waals surface area contributed by atoms with Crippen molar-refractivity contribution < 1.29 is 9.53 Å². The predicted molar refractivity (Wildman–Crippen MR) is 86.2 cm³/mol. The molecule has 1 atom stereocenters. The minimum Gasteiger partial charge on any atom is -0.381 e. The maximum absolute atomic E-state index is 12.3. The van der Waals surface area contributed by atoms with Crippen molar-refractivity contribution in [2.24, 2.45) is 11.7 Å². The van der Waals surface area contributed by atoms with Crippen LogP contribution in [0.15, 0.2) is 0 Å². The van der Waals surface area contributed by atoms with Crippen molar-refractivity contribution in [1.82, 2.24) is 4.98 Å². The molecule has 1 aromatic rings. The van der Waals surface area contributed by atoms with Crippen LogP contribution in [0.4, 0.5) is 5.13 Å². The number of anilines is 1. The number of carbonyl (C=O) groups excluding carboxylic acids is 1. The van der Waals surface area contributed by atoms with E-state index in [1.165, 1.54) is 11.3 Å². The third-order valence-electron chi connectivity index (χ3n) is 4.24. The Labute approximate surface area is 135 Å². The number of aromatic nitrogens is 1. The van der Waals surface area contributed by atoms with Gasteiger partial charge in [-0.1, -0.05) is 6.92 Å². The number of nitrogens with one attached hydrogen (secondary N) is 1. The maximum atomic E-state index is 12.3. The summed E-state index contributed by atoms with van der Waals surface area (Å²) in [5, 5.41) is 3.61. The molecule has 0 radical (unpaired) electrons. The lowest BCUT2D eigenvalue weighted by molar-refractivity contribution is -0.124. The summed E-state index contributed by atoms with van der Waals surface area (Å²) < 4.78 is 5.27. The molecular weight excluding hydrogens is 310 g/mol. The van der Waals surface area contributed by atoms with E-state index in [0.717, 1.165) is 18.5 Å². The third kappa shape index (κ3) is 3.56. The van der Waals surface area contributed by atoms with E-state index in [2.05, 4.69) is 17.2 Å². The first-order chi connectivity index (χ1) is 9.57. The van der Waals surface area contributed by atoms with Crippen LogP contribution >= 0.6 is 23.7 Å². The molecule has 2 aliphatic rings. The minimum atomic E-state index is -0.808. The summed E-state index contributed by atoms with van der Waals surface area (Å²) in [6, 6.07) is 0. The van der Waals surface area contributed by atoms with Crippen molar-refractivity contribution in [3.05, 3.63) is 10.6 Å². The summed E-state index contributed by atoms with van der Waals surface area (Å²) in [4.78, 5) is 18.2. The van der Waals surface area contributed by atoms with Gasteiger partial charge in [-0.2, -0.15) is 0 Å². The van der Waals surface area contributed by atoms with Gasteiger partial charge in [0, 0.05) is 18.1 Å². The summed E-state index contributed by atoms with van der Waals surface area (Å²) in [7, 11) is 0. The zero-order chi connectivity index (χ0) is 14.2. The standard InChI is InChI=1S/C14H21N3O2S.ClH/c1-9-2-3-10-11(8-9)20-13(16-10)17-12(18)14(15)4-6-19-7-5-14;/h9H,2-8,15H2,1H3,(H,16,17,18);1H. The highest BCUT2D eigenvalue weighted by molar-refractivity contribution is 7.15. The Bertz CT molecular complexity index is 514. The number of amides is 1. The molecule has 3 rings (SSSR count). The van der Waals surface area contributed by atoms with Crippen LogP contribution < -0.4 is 11.1 Å². The Morgan fingerprint density at radius 2 is 2.19 bits per heavy atom. The molecule has 0 spiro atoms. The number of rotatable bonds is 2. The molecule has 1 unspecified atom stereocenters. The second-order valence-electron chi connectivity index (χ2n) is 5.96. The molecule has 118 valence electrons. The number of hydrogen-bond acceptors (Lipinski definition) is 5. The summed E-state index contributed by atoms with van der Waals surface area (Å²) >= 11 is 1.60. The fraction of sp³-hybridized carbons (Fsp3) is 0.714. The molecule has 21 heavy (non-hydrogen) atoms. The van der Waals surface area contributed by atoms with E-state index in [1.807, 2.05) is 0 Å². The molecule has 1 aliphatic carbocycles. The van der Waals surface area contributed by atoms with Crippen LogP contribution in [0, 0.1) is 5.92 Å². The number of nitrogens with zero attached hydrogens (tertiary/aromatic N) is 1. The molecule has 1 aromatic heterocycles. The van der Waals surface area contributed by atoms with Crippen LogP contribution in [0.1, 0.15) is 36.8 Å². The number of nitrogens with two attached hydrogens (primary N) is 1. The average Bonchev–Trinajstić information content (AvgIpc) is 2.81. The lowest BCUT2D eigenvalue weighted by Crippen LogP contribution is -2.54. The first-order valence-corrected chi connectivity index (χ1v) is 8.05. The molecule has 0 bridgehead atoms. The smallest absolute Gasteiger partial charge is 0.246 e. The highest BCUT2D eigenvalue weighted by Gasteiger charge is 2.36. The van der Waals surface area contributed by atoms with Crippen LogP contribution in [0.3, 0.4) is 0 Å². The van der Waals surface area contributed by atoms with Gasteiger partial charge in [-0.05, 0) is 38.0 Å². The number of fused-ring (bicyclic) bond motifs is 1. The molecule has 1 saturated heterocycles. The molecule has 1 fully saturated rings. The number of aryl methyl sites for hydroxylation is 1. The average molecular weight is 332 g/mol. The number of halogens is 1. The molecule has 1 aliphatic heterocycles. The van der Waals surface area contributed by atoms with Crippen LogP contribution in [-0.4, -0.2) is 29.6 Å². The summed E-state index contributed by atoms with van der Waals surface area (Å²) in [5.74, 6) is 0.586. The summed E-state index contributed by atoms with van der Waals surface area (Å²) in [6.07, 6.45) is 4.42. The van der Waals surface area contributed by atoms with E-state index in [1.54, 1.807) is 11.3 Å². The van der Waals surface area contributed by atoms with Gasteiger partial charge in [-0.3, -0.25) is 4.79 Å². The molecular formula is C14H22ClN3O2S. The number of thiazole rings is 1. The van der Waals surface area contributed by atoms with Crippen LogP contribution in [0.2, 0.25) is 0 Å². The number of carbonyl (C=O) groups is 1. The van der Waals surface area contributed by atoms with Gasteiger partial charge < -0.3 is 15.8 Å². The van der Waals surface area contributed by atoms with Crippen molar-refractivity contribution in [3.8, 4) is 0 Å². The lowest BCUT2D eigenvalue weighted by atomic mass is 9.90. The molecule has 5 nitrogen and oxygen atoms in total. The van der Waals surface area contributed by atoms with Gasteiger partial charge in [0.25, 0.3) is 0 Å². The monoisotopic (exact) mass is 331 g/mol.